The van der Waals surface area contributed by atoms with Gasteiger partial charge in [-0.1, -0.05) is 54.6 Å². The third-order valence-corrected chi connectivity index (χ3v) is 7.74. The average molecular weight is 542 g/mol. The molecule has 1 aliphatic heterocycles. The van der Waals surface area contributed by atoms with Gasteiger partial charge < -0.3 is 13.6 Å². The molecule has 0 amide bonds. The molecule has 1 aliphatic rings. The van der Waals surface area contributed by atoms with Crippen molar-refractivity contribution in [2.75, 3.05) is 13.2 Å². The summed E-state index contributed by atoms with van der Waals surface area (Å²) < 4.78 is 17.9. The maximum atomic E-state index is 13.9. The smallest absolute Gasteiger partial charge is 0.336 e. The molecule has 41 heavy (non-hydrogen) atoms. The highest BCUT2D eigenvalue weighted by Gasteiger charge is 2.26. The van der Waals surface area contributed by atoms with E-state index in [-0.39, 0.29) is 11.5 Å². The summed E-state index contributed by atoms with van der Waals surface area (Å²) in [6.45, 7) is 5.12. The van der Waals surface area contributed by atoms with Crippen LogP contribution in [0.25, 0.3) is 33.1 Å². The van der Waals surface area contributed by atoms with E-state index in [0.717, 1.165) is 36.1 Å². The summed E-state index contributed by atoms with van der Waals surface area (Å²) in [4.78, 5) is 28.5. The summed E-state index contributed by atoms with van der Waals surface area (Å²) >= 11 is 0. The van der Waals surface area contributed by atoms with Crippen LogP contribution in [-0.2, 0) is 13.1 Å². The molecule has 0 saturated carbocycles. The predicted octanol–water partition coefficient (Wildman–Crippen LogP) is 7.14. The third kappa shape index (κ3) is 4.62. The Hall–Kier alpha value is -4.94. The first kappa shape index (κ1) is 25.1. The van der Waals surface area contributed by atoms with Gasteiger partial charge in [0, 0.05) is 42.2 Å². The molecule has 202 valence electrons. The van der Waals surface area contributed by atoms with Gasteiger partial charge in [0.25, 0.3) is 0 Å². The van der Waals surface area contributed by atoms with Crippen LogP contribution in [0.15, 0.2) is 111 Å². The second-order valence-corrected chi connectivity index (χ2v) is 10.4. The van der Waals surface area contributed by atoms with Crippen molar-refractivity contribution in [3.05, 3.63) is 135 Å². The third-order valence-electron chi connectivity index (χ3n) is 7.74. The van der Waals surface area contributed by atoms with Crippen LogP contribution >= 0.6 is 0 Å². The van der Waals surface area contributed by atoms with E-state index in [2.05, 4.69) is 29.2 Å². The Balaban J connectivity index is 1.17. The molecule has 2 aromatic heterocycles. The molecular weight excluding hydrogens is 514 g/mol. The minimum Gasteiger partial charge on any atom is -0.492 e. The lowest BCUT2D eigenvalue weighted by Crippen LogP contribution is -2.22. The van der Waals surface area contributed by atoms with Crippen LogP contribution in [0.2, 0.25) is 0 Å². The van der Waals surface area contributed by atoms with Crippen LogP contribution in [0.3, 0.4) is 0 Å². The number of ketones is 1. The fourth-order valence-corrected chi connectivity index (χ4v) is 5.69. The Bertz CT molecular complexity index is 1940. The van der Waals surface area contributed by atoms with Crippen molar-refractivity contribution < 1.29 is 18.4 Å². The van der Waals surface area contributed by atoms with E-state index in [1.165, 1.54) is 17.2 Å². The second-order valence-electron chi connectivity index (χ2n) is 10.4. The highest BCUT2D eigenvalue weighted by atomic mass is 16.5. The number of carbonyl (C=O) groups excluding carboxylic acids is 1. The van der Waals surface area contributed by atoms with Crippen molar-refractivity contribution in [1.82, 2.24) is 4.90 Å². The zero-order valence-corrected chi connectivity index (χ0v) is 22.6. The normalized spacial score (nSPS) is 13.1. The molecule has 0 atom stereocenters. The predicted molar refractivity (Wildman–Crippen MR) is 158 cm³/mol. The lowest BCUT2D eigenvalue weighted by atomic mass is 9.96. The van der Waals surface area contributed by atoms with Gasteiger partial charge in [0.1, 0.15) is 23.5 Å². The monoisotopic (exact) mass is 541 g/mol. The summed E-state index contributed by atoms with van der Waals surface area (Å²) in [5, 5.41) is 1.41. The molecule has 0 unspecified atom stereocenters. The number of rotatable bonds is 7. The number of benzene rings is 4. The number of carbonyl (C=O) groups is 1. The van der Waals surface area contributed by atoms with Gasteiger partial charge in [-0.25, -0.2) is 4.79 Å². The molecule has 7 rings (SSSR count). The number of hydrogen-bond donors (Lipinski definition) is 0. The van der Waals surface area contributed by atoms with Crippen LogP contribution in [-0.4, -0.2) is 23.8 Å². The number of nitrogens with zero attached hydrogens (tertiary/aromatic N) is 1. The maximum Gasteiger partial charge on any atom is 0.336 e. The second kappa shape index (κ2) is 10.2. The van der Waals surface area contributed by atoms with Crippen molar-refractivity contribution in [3.8, 4) is 16.9 Å². The molecule has 6 aromatic rings. The minimum absolute atomic E-state index is 0.199. The van der Waals surface area contributed by atoms with E-state index in [1.54, 1.807) is 12.1 Å². The number of fused-ring (bicyclic) bond motifs is 4. The summed E-state index contributed by atoms with van der Waals surface area (Å²) in [7, 11) is 0. The number of aryl methyl sites for hydroxylation is 1. The summed E-state index contributed by atoms with van der Waals surface area (Å²) in [6, 6.07) is 30.4. The Morgan fingerprint density at radius 2 is 1.56 bits per heavy atom. The van der Waals surface area contributed by atoms with Gasteiger partial charge in [-0.2, -0.15) is 0 Å². The van der Waals surface area contributed by atoms with Gasteiger partial charge in [-0.05, 0) is 65.6 Å². The quantitative estimate of drug-likeness (QED) is 0.158. The van der Waals surface area contributed by atoms with Gasteiger partial charge >= 0.3 is 5.63 Å². The van der Waals surface area contributed by atoms with Crippen LogP contribution < -0.4 is 10.4 Å². The van der Waals surface area contributed by atoms with Crippen molar-refractivity contribution in [2.24, 2.45) is 0 Å². The molecule has 6 heteroatoms. The summed E-state index contributed by atoms with van der Waals surface area (Å²) in [5.41, 5.74) is 5.90. The highest BCUT2D eigenvalue weighted by Crippen LogP contribution is 2.40. The maximum absolute atomic E-state index is 13.9. The fraction of sp³-hybridized carbons (Fsp3) is 0.143. The van der Waals surface area contributed by atoms with E-state index in [1.807, 2.05) is 61.5 Å². The molecule has 0 fully saturated rings. The molecule has 0 saturated heterocycles. The Kier molecular flexibility index (Phi) is 6.25. The van der Waals surface area contributed by atoms with E-state index in [9.17, 15) is 9.59 Å². The van der Waals surface area contributed by atoms with Gasteiger partial charge in [-0.15, -0.1) is 0 Å². The lowest BCUT2D eigenvalue weighted by molar-refractivity contribution is 0.101. The molecular formula is C35H27NO5. The summed E-state index contributed by atoms with van der Waals surface area (Å²) in [6.07, 6.45) is 0. The molecule has 0 bridgehead atoms. The Morgan fingerprint density at radius 1 is 0.854 bits per heavy atom. The molecule has 0 radical (unpaired) electrons. The molecule has 0 N–H and O–H groups in total. The van der Waals surface area contributed by atoms with E-state index in [0.29, 0.717) is 40.0 Å². The largest absolute Gasteiger partial charge is 0.492 e. The van der Waals surface area contributed by atoms with E-state index in [4.69, 9.17) is 13.6 Å². The SMILES string of the molecule is Cc1cc(=O)oc2c1ccc1oc(C(=O)c3ccc(OCCN4Cc5ccccc5C4)cc3)c(-c3ccccc3)c12. The van der Waals surface area contributed by atoms with E-state index < -0.39 is 5.63 Å². The van der Waals surface area contributed by atoms with Gasteiger partial charge in [0.15, 0.2) is 5.76 Å². The average Bonchev–Trinajstić information content (AvgIpc) is 3.59. The van der Waals surface area contributed by atoms with Crippen LogP contribution in [0, 0.1) is 6.92 Å². The van der Waals surface area contributed by atoms with Crippen LogP contribution in [0.1, 0.15) is 32.8 Å². The first-order chi connectivity index (χ1) is 20.0. The van der Waals surface area contributed by atoms with Gasteiger partial charge in [0.05, 0.1) is 5.39 Å². The number of hydrogen-bond acceptors (Lipinski definition) is 6. The number of furan rings is 1. The molecule has 0 spiro atoms. The van der Waals surface area contributed by atoms with Crippen molar-refractivity contribution in [1.29, 1.82) is 0 Å². The minimum atomic E-state index is -0.444. The molecule has 6 nitrogen and oxygen atoms in total. The highest BCUT2D eigenvalue weighted by molar-refractivity contribution is 6.20. The Morgan fingerprint density at radius 3 is 2.29 bits per heavy atom. The van der Waals surface area contributed by atoms with Gasteiger partial charge in [0.2, 0.25) is 5.78 Å². The zero-order chi connectivity index (χ0) is 27.9. The first-order valence-corrected chi connectivity index (χ1v) is 13.7. The van der Waals surface area contributed by atoms with Crippen molar-refractivity contribution in [3.63, 3.8) is 0 Å². The fourth-order valence-electron chi connectivity index (χ4n) is 5.69. The topological polar surface area (TPSA) is 72.9 Å². The van der Waals surface area contributed by atoms with Crippen molar-refractivity contribution in [2.45, 2.75) is 20.0 Å². The van der Waals surface area contributed by atoms with Crippen molar-refractivity contribution >= 4 is 27.7 Å². The van der Waals surface area contributed by atoms with Crippen LogP contribution in [0.5, 0.6) is 5.75 Å². The Labute approximate surface area is 236 Å². The standard InChI is InChI=1S/C35H27NO5/c1-22-19-30(37)41-34-28(22)15-16-29-32(34)31(23-7-3-2-4-8-23)35(40-29)33(38)24-11-13-27(14-12-24)39-18-17-36-20-25-9-5-6-10-26(25)21-36/h2-16,19H,17-18,20-21H2,1H3. The van der Waals surface area contributed by atoms with E-state index >= 15 is 0 Å². The zero-order valence-electron chi connectivity index (χ0n) is 22.6. The molecule has 3 heterocycles. The van der Waals surface area contributed by atoms with Crippen LogP contribution in [0.4, 0.5) is 0 Å². The number of ether oxygens (including phenoxy) is 1. The lowest BCUT2D eigenvalue weighted by Gasteiger charge is -2.15. The van der Waals surface area contributed by atoms with Gasteiger partial charge in [-0.3, -0.25) is 9.69 Å². The molecule has 4 aromatic carbocycles. The first-order valence-electron chi connectivity index (χ1n) is 13.7. The summed E-state index contributed by atoms with van der Waals surface area (Å²) in [5.74, 6) is 0.643. The molecule has 0 aliphatic carbocycles.